The number of benzene rings is 2. The molecular formula is C18H19N3O3S2. The molecule has 0 aliphatic carbocycles. The number of urea groups is 1. The standard InChI is InChI=1S/C18H19N3O3S2/c1-2-13-8-9-15-16(12-13)25-18(20-15)21-17(22)19-10-11-26(23,24)14-6-4-3-5-7-14/h3-9,12H,2,10-11H2,1H3,(H2,19,20,21,22). The number of sulfone groups is 1. The molecule has 0 unspecified atom stereocenters. The van der Waals surface area contributed by atoms with E-state index in [9.17, 15) is 13.2 Å². The Morgan fingerprint density at radius 3 is 2.65 bits per heavy atom. The minimum atomic E-state index is -3.41. The van der Waals surface area contributed by atoms with Crippen LogP contribution < -0.4 is 10.6 Å². The third-order valence-electron chi connectivity index (χ3n) is 3.84. The average molecular weight is 390 g/mol. The molecule has 0 aliphatic rings. The zero-order valence-corrected chi connectivity index (χ0v) is 15.9. The number of hydrogen-bond acceptors (Lipinski definition) is 5. The number of fused-ring (bicyclic) bond motifs is 1. The van der Waals surface area contributed by atoms with Gasteiger partial charge in [0.15, 0.2) is 15.0 Å². The van der Waals surface area contributed by atoms with E-state index in [1.807, 2.05) is 12.1 Å². The van der Waals surface area contributed by atoms with Gasteiger partial charge in [0.25, 0.3) is 0 Å². The molecule has 0 radical (unpaired) electrons. The van der Waals surface area contributed by atoms with Crippen molar-refractivity contribution in [3.05, 3.63) is 54.1 Å². The molecule has 0 aliphatic heterocycles. The third-order valence-corrected chi connectivity index (χ3v) is 6.51. The number of amides is 2. The fourth-order valence-electron chi connectivity index (χ4n) is 2.43. The van der Waals surface area contributed by atoms with E-state index in [-0.39, 0.29) is 17.2 Å². The van der Waals surface area contributed by atoms with Crippen molar-refractivity contribution in [2.75, 3.05) is 17.6 Å². The van der Waals surface area contributed by atoms with Gasteiger partial charge < -0.3 is 5.32 Å². The molecule has 8 heteroatoms. The van der Waals surface area contributed by atoms with E-state index in [2.05, 4.69) is 28.6 Å². The molecule has 2 amide bonds. The van der Waals surface area contributed by atoms with Crippen LogP contribution in [0.25, 0.3) is 10.2 Å². The van der Waals surface area contributed by atoms with E-state index in [1.165, 1.54) is 16.9 Å². The Bertz CT molecular complexity index is 1010. The number of nitrogens with zero attached hydrogens (tertiary/aromatic N) is 1. The van der Waals surface area contributed by atoms with Gasteiger partial charge in [-0.1, -0.05) is 42.5 Å². The summed E-state index contributed by atoms with van der Waals surface area (Å²) in [5.41, 5.74) is 2.04. The van der Waals surface area contributed by atoms with Gasteiger partial charge in [-0.25, -0.2) is 18.2 Å². The summed E-state index contributed by atoms with van der Waals surface area (Å²) < 4.78 is 25.3. The van der Waals surface area contributed by atoms with Gasteiger partial charge in [0.1, 0.15) is 0 Å². The molecule has 0 saturated carbocycles. The summed E-state index contributed by atoms with van der Waals surface area (Å²) in [4.78, 5) is 16.6. The lowest BCUT2D eigenvalue weighted by molar-refractivity contribution is 0.252. The van der Waals surface area contributed by atoms with Crippen LogP contribution >= 0.6 is 11.3 Å². The molecule has 26 heavy (non-hydrogen) atoms. The van der Waals surface area contributed by atoms with Gasteiger partial charge in [-0.15, -0.1) is 0 Å². The Hall–Kier alpha value is -2.45. The molecule has 3 rings (SSSR count). The summed E-state index contributed by atoms with van der Waals surface area (Å²) in [6.07, 6.45) is 0.937. The van der Waals surface area contributed by atoms with Gasteiger partial charge in [-0.3, -0.25) is 5.32 Å². The molecule has 0 fully saturated rings. The highest BCUT2D eigenvalue weighted by atomic mass is 32.2. The summed E-state index contributed by atoms with van der Waals surface area (Å²) in [7, 11) is -3.41. The molecule has 3 aromatic rings. The van der Waals surface area contributed by atoms with Gasteiger partial charge in [-0.05, 0) is 36.2 Å². The second-order valence-corrected chi connectivity index (χ2v) is 8.83. The first kappa shape index (κ1) is 18.3. The van der Waals surface area contributed by atoms with Crippen LogP contribution in [-0.4, -0.2) is 31.7 Å². The van der Waals surface area contributed by atoms with E-state index < -0.39 is 15.9 Å². The molecule has 1 aromatic heterocycles. The van der Waals surface area contributed by atoms with E-state index in [0.29, 0.717) is 5.13 Å². The quantitative estimate of drug-likeness (QED) is 0.676. The number of hydrogen-bond donors (Lipinski definition) is 2. The van der Waals surface area contributed by atoms with E-state index in [1.54, 1.807) is 30.3 Å². The Morgan fingerprint density at radius 2 is 1.92 bits per heavy atom. The Morgan fingerprint density at radius 1 is 1.15 bits per heavy atom. The van der Waals surface area contributed by atoms with Crippen LogP contribution in [0.3, 0.4) is 0 Å². The Kier molecular flexibility index (Phi) is 5.53. The molecule has 0 saturated heterocycles. The molecule has 2 aromatic carbocycles. The van der Waals surface area contributed by atoms with Gasteiger partial charge >= 0.3 is 6.03 Å². The number of aromatic nitrogens is 1. The van der Waals surface area contributed by atoms with E-state index >= 15 is 0 Å². The molecular weight excluding hydrogens is 370 g/mol. The molecule has 0 bridgehead atoms. The molecule has 6 nitrogen and oxygen atoms in total. The lowest BCUT2D eigenvalue weighted by atomic mass is 10.2. The largest absolute Gasteiger partial charge is 0.337 e. The van der Waals surface area contributed by atoms with Crippen LogP contribution in [0.2, 0.25) is 0 Å². The van der Waals surface area contributed by atoms with Crippen molar-refractivity contribution >= 4 is 42.6 Å². The first-order valence-electron chi connectivity index (χ1n) is 8.20. The summed E-state index contributed by atoms with van der Waals surface area (Å²) in [5, 5.41) is 5.70. The highest BCUT2D eigenvalue weighted by Gasteiger charge is 2.14. The number of thiazole rings is 1. The number of anilines is 1. The molecule has 1 heterocycles. The number of nitrogens with one attached hydrogen (secondary N) is 2. The molecule has 136 valence electrons. The lowest BCUT2D eigenvalue weighted by Crippen LogP contribution is -2.32. The van der Waals surface area contributed by atoms with Crippen LogP contribution in [0.1, 0.15) is 12.5 Å². The van der Waals surface area contributed by atoms with Crippen LogP contribution in [0.15, 0.2) is 53.4 Å². The second kappa shape index (κ2) is 7.84. The maximum atomic E-state index is 12.2. The van der Waals surface area contributed by atoms with Crippen LogP contribution in [0.5, 0.6) is 0 Å². The second-order valence-electron chi connectivity index (χ2n) is 5.69. The van der Waals surface area contributed by atoms with Crippen molar-refractivity contribution in [1.82, 2.24) is 10.3 Å². The number of carbonyl (C=O) groups excluding carboxylic acids is 1. The van der Waals surface area contributed by atoms with Crippen LogP contribution in [0.4, 0.5) is 9.93 Å². The maximum Gasteiger partial charge on any atom is 0.321 e. The minimum absolute atomic E-state index is 0.0218. The van der Waals surface area contributed by atoms with Crippen molar-refractivity contribution < 1.29 is 13.2 Å². The maximum absolute atomic E-state index is 12.2. The lowest BCUT2D eigenvalue weighted by Gasteiger charge is -2.06. The topological polar surface area (TPSA) is 88.2 Å². The summed E-state index contributed by atoms with van der Waals surface area (Å²) in [5.74, 6) is -0.163. The van der Waals surface area contributed by atoms with Gasteiger partial charge in [-0.2, -0.15) is 0 Å². The number of rotatable bonds is 6. The zero-order chi connectivity index (χ0) is 18.6. The van der Waals surface area contributed by atoms with Gasteiger partial charge in [0, 0.05) is 6.54 Å². The highest BCUT2D eigenvalue weighted by Crippen LogP contribution is 2.26. The highest BCUT2D eigenvalue weighted by molar-refractivity contribution is 7.91. The first-order valence-corrected chi connectivity index (χ1v) is 10.7. The van der Waals surface area contributed by atoms with Crippen molar-refractivity contribution in [3.63, 3.8) is 0 Å². The molecule has 2 N–H and O–H groups in total. The van der Waals surface area contributed by atoms with E-state index in [0.717, 1.165) is 16.6 Å². The summed E-state index contributed by atoms with van der Waals surface area (Å²) in [6.45, 7) is 2.10. The normalized spacial score (nSPS) is 11.4. The van der Waals surface area contributed by atoms with Gasteiger partial charge in [0.2, 0.25) is 0 Å². The zero-order valence-electron chi connectivity index (χ0n) is 14.2. The van der Waals surface area contributed by atoms with Crippen molar-refractivity contribution in [3.8, 4) is 0 Å². The fraction of sp³-hybridized carbons (Fsp3) is 0.222. The molecule has 0 spiro atoms. The van der Waals surface area contributed by atoms with Crippen molar-refractivity contribution in [2.45, 2.75) is 18.2 Å². The average Bonchev–Trinajstić information content (AvgIpc) is 3.03. The summed E-state index contributed by atoms with van der Waals surface area (Å²) >= 11 is 1.39. The summed E-state index contributed by atoms with van der Waals surface area (Å²) in [6, 6.07) is 13.7. The fourth-order valence-corrected chi connectivity index (χ4v) is 4.53. The predicted octanol–water partition coefficient (Wildman–Crippen LogP) is 3.45. The first-order chi connectivity index (χ1) is 12.5. The van der Waals surface area contributed by atoms with Crippen molar-refractivity contribution in [1.29, 1.82) is 0 Å². The number of carbonyl (C=O) groups is 1. The third kappa shape index (κ3) is 4.39. The van der Waals surface area contributed by atoms with E-state index in [4.69, 9.17) is 0 Å². The monoisotopic (exact) mass is 389 g/mol. The van der Waals surface area contributed by atoms with Crippen LogP contribution in [0, 0.1) is 0 Å². The Labute approximate surface area is 156 Å². The smallest absolute Gasteiger partial charge is 0.321 e. The van der Waals surface area contributed by atoms with Crippen LogP contribution in [-0.2, 0) is 16.3 Å². The Balaban J connectivity index is 1.56. The SMILES string of the molecule is CCc1ccc2nc(NC(=O)NCCS(=O)(=O)c3ccccc3)sc2c1. The van der Waals surface area contributed by atoms with Crippen molar-refractivity contribution in [2.24, 2.45) is 0 Å². The number of aryl methyl sites for hydroxylation is 1. The predicted molar refractivity (Wildman–Crippen MR) is 105 cm³/mol. The minimum Gasteiger partial charge on any atom is -0.337 e. The molecule has 0 atom stereocenters. The van der Waals surface area contributed by atoms with Gasteiger partial charge in [0.05, 0.1) is 20.9 Å².